The van der Waals surface area contributed by atoms with Gasteiger partial charge < -0.3 is 15.5 Å². The maximum absolute atomic E-state index is 10.4. The predicted octanol–water partition coefficient (Wildman–Crippen LogP) is 0.625. The zero-order chi connectivity index (χ0) is 11.2. The summed E-state index contributed by atoms with van der Waals surface area (Å²) < 4.78 is 0. The van der Waals surface area contributed by atoms with E-state index in [0.29, 0.717) is 18.7 Å². The molecule has 0 spiro atoms. The minimum Gasteiger partial charge on any atom is -0.478 e. The van der Waals surface area contributed by atoms with E-state index in [1.807, 2.05) is 13.8 Å². The lowest BCUT2D eigenvalue weighted by Crippen LogP contribution is -2.32. The van der Waals surface area contributed by atoms with Gasteiger partial charge in [0.25, 0.3) is 0 Å². The fraction of sp³-hybridized carbons (Fsp3) is 0.700. The van der Waals surface area contributed by atoms with Crippen molar-refractivity contribution in [3.8, 4) is 0 Å². The molecular formula is C10H19NO3. The third-order valence-electron chi connectivity index (χ3n) is 1.92. The largest absolute Gasteiger partial charge is 0.478 e. The van der Waals surface area contributed by atoms with Crippen molar-refractivity contribution in [3.05, 3.63) is 11.6 Å². The summed E-state index contributed by atoms with van der Waals surface area (Å²) in [5.74, 6) is -0.895. The van der Waals surface area contributed by atoms with Crippen molar-refractivity contribution >= 4 is 5.97 Å². The Kier molecular flexibility index (Phi) is 5.42. The minimum absolute atomic E-state index is 0.113. The van der Waals surface area contributed by atoms with Gasteiger partial charge in [0.05, 0.1) is 0 Å². The van der Waals surface area contributed by atoms with Crippen molar-refractivity contribution in [2.75, 3.05) is 19.7 Å². The Balaban J connectivity index is 3.76. The highest BCUT2D eigenvalue weighted by Gasteiger charge is 2.14. The first-order valence-corrected chi connectivity index (χ1v) is 4.61. The summed E-state index contributed by atoms with van der Waals surface area (Å²) in [5.41, 5.74) is 0.171. The van der Waals surface area contributed by atoms with Crippen LogP contribution in [-0.2, 0) is 4.79 Å². The van der Waals surface area contributed by atoms with E-state index in [2.05, 4.69) is 5.32 Å². The van der Waals surface area contributed by atoms with Crippen LogP contribution in [0.3, 0.4) is 0 Å². The average molecular weight is 201 g/mol. The topological polar surface area (TPSA) is 69.6 Å². The van der Waals surface area contributed by atoms with Gasteiger partial charge in [-0.1, -0.05) is 19.9 Å². The van der Waals surface area contributed by atoms with Crippen molar-refractivity contribution in [2.45, 2.75) is 20.8 Å². The van der Waals surface area contributed by atoms with Crippen LogP contribution in [0.15, 0.2) is 11.6 Å². The number of aliphatic hydroxyl groups excluding tert-OH is 1. The molecule has 4 nitrogen and oxygen atoms in total. The molecule has 14 heavy (non-hydrogen) atoms. The van der Waals surface area contributed by atoms with Gasteiger partial charge in [-0.3, -0.25) is 0 Å². The third kappa shape index (κ3) is 5.72. The molecule has 0 aliphatic heterocycles. The van der Waals surface area contributed by atoms with Gasteiger partial charge in [-0.15, -0.1) is 0 Å². The number of carboxylic acids is 1. The molecule has 0 aliphatic rings. The average Bonchev–Trinajstić information content (AvgIpc) is 2.12. The van der Waals surface area contributed by atoms with Crippen molar-refractivity contribution in [2.24, 2.45) is 5.41 Å². The molecule has 0 saturated heterocycles. The molecule has 0 aliphatic carbocycles. The third-order valence-corrected chi connectivity index (χ3v) is 1.92. The van der Waals surface area contributed by atoms with Crippen LogP contribution in [0.5, 0.6) is 0 Å². The standard InChI is InChI=1S/C10H19NO3/c1-8(9(13)14)4-5-11-6-10(2,3)7-12/h4,11-12H,5-7H2,1-3H3,(H,13,14). The van der Waals surface area contributed by atoms with Gasteiger partial charge >= 0.3 is 5.97 Å². The molecule has 0 fully saturated rings. The summed E-state index contributed by atoms with van der Waals surface area (Å²) in [6, 6.07) is 0. The molecule has 0 saturated carbocycles. The van der Waals surface area contributed by atoms with E-state index in [4.69, 9.17) is 10.2 Å². The number of aliphatic hydroxyl groups is 1. The second-order valence-corrected chi connectivity index (χ2v) is 4.15. The van der Waals surface area contributed by atoms with Crippen molar-refractivity contribution in [1.82, 2.24) is 5.32 Å². The van der Waals surface area contributed by atoms with Gasteiger partial charge in [-0.25, -0.2) is 4.79 Å². The van der Waals surface area contributed by atoms with E-state index in [0.717, 1.165) is 0 Å². The minimum atomic E-state index is -0.895. The first-order chi connectivity index (χ1) is 6.39. The maximum Gasteiger partial charge on any atom is 0.330 e. The van der Waals surface area contributed by atoms with E-state index in [1.54, 1.807) is 13.0 Å². The summed E-state index contributed by atoms with van der Waals surface area (Å²) >= 11 is 0. The Bertz CT molecular complexity index is 221. The number of carboxylic acid groups (broad SMARTS) is 1. The van der Waals surface area contributed by atoms with Gasteiger partial charge in [0.2, 0.25) is 0 Å². The zero-order valence-electron chi connectivity index (χ0n) is 9.00. The summed E-state index contributed by atoms with van der Waals surface area (Å²) in [6.45, 7) is 6.72. The molecule has 0 heterocycles. The number of hydrogen-bond acceptors (Lipinski definition) is 3. The lowest BCUT2D eigenvalue weighted by atomic mass is 9.95. The van der Waals surface area contributed by atoms with Crippen molar-refractivity contribution < 1.29 is 15.0 Å². The SMILES string of the molecule is CC(=CCNCC(C)(C)CO)C(=O)O. The highest BCUT2D eigenvalue weighted by atomic mass is 16.4. The predicted molar refractivity (Wildman–Crippen MR) is 55.1 cm³/mol. The molecule has 0 aromatic rings. The molecule has 0 amide bonds. The second-order valence-electron chi connectivity index (χ2n) is 4.15. The molecule has 82 valence electrons. The number of aliphatic carboxylic acids is 1. The van der Waals surface area contributed by atoms with Crippen LogP contribution in [0.2, 0.25) is 0 Å². The summed E-state index contributed by atoms with van der Waals surface area (Å²) in [7, 11) is 0. The van der Waals surface area contributed by atoms with Crippen molar-refractivity contribution in [1.29, 1.82) is 0 Å². The van der Waals surface area contributed by atoms with E-state index in [9.17, 15) is 4.79 Å². The Morgan fingerprint density at radius 3 is 2.50 bits per heavy atom. The first kappa shape index (κ1) is 13.1. The molecule has 0 aromatic heterocycles. The molecule has 0 atom stereocenters. The Labute approximate surface area is 84.6 Å². The highest BCUT2D eigenvalue weighted by Crippen LogP contribution is 2.10. The number of rotatable bonds is 6. The van der Waals surface area contributed by atoms with E-state index in [1.165, 1.54) is 0 Å². The van der Waals surface area contributed by atoms with Crippen LogP contribution in [-0.4, -0.2) is 35.9 Å². The van der Waals surface area contributed by atoms with Gasteiger partial charge in [-0.2, -0.15) is 0 Å². The summed E-state index contributed by atoms with van der Waals surface area (Å²) in [5, 5.41) is 20.6. The summed E-state index contributed by atoms with van der Waals surface area (Å²) in [6.07, 6.45) is 1.62. The second kappa shape index (κ2) is 5.78. The van der Waals surface area contributed by atoms with Gasteiger partial charge in [0.1, 0.15) is 0 Å². The zero-order valence-corrected chi connectivity index (χ0v) is 9.00. The molecule has 0 aromatic carbocycles. The van der Waals surface area contributed by atoms with Crippen LogP contribution in [0.1, 0.15) is 20.8 Å². The van der Waals surface area contributed by atoms with Crippen LogP contribution in [0.4, 0.5) is 0 Å². The number of hydrogen-bond donors (Lipinski definition) is 3. The lowest BCUT2D eigenvalue weighted by molar-refractivity contribution is -0.132. The fourth-order valence-electron chi connectivity index (χ4n) is 0.779. The maximum atomic E-state index is 10.4. The van der Waals surface area contributed by atoms with E-state index >= 15 is 0 Å². The molecule has 3 N–H and O–H groups in total. The van der Waals surface area contributed by atoms with Crippen LogP contribution in [0, 0.1) is 5.41 Å². The molecule has 4 heteroatoms. The molecule has 0 unspecified atom stereocenters. The lowest BCUT2D eigenvalue weighted by Gasteiger charge is -2.21. The normalized spacial score (nSPS) is 13.0. The fourth-order valence-corrected chi connectivity index (χ4v) is 0.779. The highest BCUT2D eigenvalue weighted by molar-refractivity contribution is 5.85. The van der Waals surface area contributed by atoms with Crippen molar-refractivity contribution in [3.63, 3.8) is 0 Å². The Morgan fingerprint density at radius 1 is 1.50 bits per heavy atom. The van der Waals surface area contributed by atoms with E-state index < -0.39 is 5.97 Å². The Hall–Kier alpha value is -0.870. The monoisotopic (exact) mass is 201 g/mol. The van der Waals surface area contributed by atoms with Gasteiger partial charge in [0.15, 0.2) is 0 Å². The summed E-state index contributed by atoms with van der Waals surface area (Å²) in [4.78, 5) is 10.4. The smallest absolute Gasteiger partial charge is 0.330 e. The van der Waals surface area contributed by atoms with Gasteiger partial charge in [-0.05, 0) is 6.92 Å². The molecule has 0 rings (SSSR count). The van der Waals surface area contributed by atoms with Crippen LogP contribution in [0.25, 0.3) is 0 Å². The molecular weight excluding hydrogens is 182 g/mol. The molecule has 0 radical (unpaired) electrons. The quantitative estimate of drug-likeness (QED) is 0.435. The molecule has 0 bridgehead atoms. The van der Waals surface area contributed by atoms with E-state index in [-0.39, 0.29) is 12.0 Å². The first-order valence-electron chi connectivity index (χ1n) is 4.61. The number of nitrogens with one attached hydrogen (secondary N) is 1. The Morgan fingerprint density at radius 2 is 2.07 bits per heavy atom. The van der Waals surface area contributed by atoms with Gasteiger partial charge in [0, 0.05) is 30.7 Å². The van der Waals surface area contributed by atoms with Crippen LogP contribution < -0.4 is 5.32 Å². The number of carbonyl (C=O) groups is 1. The van der Waals surface area contributed by atoms with Crippen LogP contribution >= 0.6 is 0 Å².